The van der Waals surface area contributed by atoms with E-state index in [-0.39, 0.29) is 0 Å². The van der Waals surface area contributed by atoms with E-state index in [0.29, 0.717) is 30.4 Å². The molecule has 0 aliphatic rings. The highest BCUT2D eigenvalue weighted by Crippen LogP contribution is 2.20. The van der Waals surface area contributed by atoms with Gasteiger partial charge >= 0.3 is 0 Å². The summed E-state index contributed by atoms with van der Waals surface area (Å²) in [5.74, 6) is 1.84. The van der Waals surface area contributed by atoms with Gasteiger partial charge in [-0.1, -0.05) is 5.16 Å². The molecule has 3 aromatic rings. The zero-order chi connectivity index (χ0) is 16.8. The molecule has 1 heterocycles. The summed E-state index contributed by atoms with van der Waals surface area (Å²) >= 11 is 0. The Labute approximate surface area is 139 Å². The first kappa shape index (κ1) is 15.6. The molecule has 0 atom stereocenters. The summed E-state index contributed by atoms with van der Waals surface area (Å²) in [7, 11) is 0. The lowest BCUT2D eigenvalue weighted by Gasteiger charge is -2.02. The maximum absolute atomic E-state index is 8.78. The summed E-state index contributed by atoms with van der Waals surface area (Å²) in [4.78, 5) is 4.37. The molecule has 0 unspecified atom stereocenters. The maximum atomic E-state index is 8.78. The van der Waals surface area contributed by atoms with Crippen molar-refractivity contribution in [3.05, 3.63) is 60.0 Å². The van der Waals surface area contributed by atoms with Crippen LogP contribution in [0.5, 0.6) is 5.75 Å². The Balaban J connectivity index is 1.63. The van der Waals surface area contributed by atoms with Crippen LogP contribution in [0.4, 0.5) is 5.69 Å². The fourth-order valence-corrected chi connectivity index (χ4v) is 2.15. The van der Waals surface area contributed by atoms with Crippen LogP contribution in [0.2, 0.25) is 0 Å². The minimum atomic E-state index is 0.413. The van der Waals surface area contributed by atoms with Crippen molar-refractivity contribution >= 4 is 5.69 Å². The van der Waals surface area contributed by atoms with Crippen LogP contribution in [0.1, 0.15) is 18.4 Å². The minimum absolute atomic E-state index is 0.413. The Morgan fingerprint density at radius 1 is 1.12 bits per heavy atom. The molecule has 0 saturated heterocycles. The van der Waals surface area contributed by atoms with Gasteiger partial charge in [0.25, 0.3) is 0 Å². The zero-order valence-corrected chi connectivity index (χ0v) is 13.2. The summed E-state index contributed by atoms with van der Waals surface area (Å²) in [6.45, 7) is 2.99. The Kier molecular flexibility index (Phi) is 4.73. The third-order valence-electron chi connectivity index (χ3n) is 3.35. The molecule has 0 amide bonds. The van der Waals surface area contributed by atoms with Gasteiger partial charge in [0.1, 0.15) is 5.75 Å². The van der Waals surface area contributed by atoms with E-state index in [1.54, 1.807) is 12.1 Å². The number of nitrogens with zero attached hydrogens (tertiary/aromatic N) is 3. The monoisotopic (exact) mass is 320 g/mol. The molecule has 0 radical (unpaired) electrons. The number of nitriles is 1. The van der Waals surface area contributed by atoms with Crippen molar-refractivity contribution in [3.8, 4) is 23.2 Å². The van der Waals surface area contributed by atoms with Gasteiger partial charge in [0.05, 0.1) is 24.8 Å². The SMILES string of the molecule is CCOc1ccc(-c2noc(CNc3ccc(C#N)cc3)n2)cc1. The first-order valence-corrected chi connectivity index (χ1v) is 7.58. The predicted molar refractivity (Wildman–Crippen MR) is 89.4 cm³/mol. The molecule has 0 fully saturated rings. The van der Waals surface area contributed by atoms with Crippen molar-refractivity contribution in [1.29, 1.82) is 5.26 Å². The summed E-state index contributed by atoms with van der Waals surface area (Å²) < 4.78 is 10.7. The van der Waals surface area contributed by atoms with Crippen molar-refractivity contribution < 1.29 is 9.26 Å². The Morgan fingerprint density at radius 3 is 2.54 bits per heavy atom. The molecule has 0 spiro atoms. The lowest BCUT2D eigenvalue weighted by atomic mass is 10.2. The first-order chi connectivity index (χ1) is 11.8. The van der Waals surface area contributed by atoms with E-state index in [1.807, 2.05) is 43.3 Å². The van der Waals surface area contributed by atoms with Crippen LogP contribution in [0.25, 0.3) is 11.4 Å². The average molecular weight is 320 g/mol. The highest BCUT2D eigenvalue weighted by Gasteiger charge is 2.08. The number of benzene rings is 2. The van der Waals surface area contributed by atoms with Crippen LogP contribution < -0.4 is 10.1 Å². The molecule has 24 heavy (non-hydrogen) atoms. The molecular formula is C18H16N4O2. The Bertz CT molecular complexity index is 833. The minimum Gasteiger partial charge on any atom is -0.494 e. The van der Waals surface area contributed by atoms with Gasteiger partial charge in [0.15, 0.2) is 0 Å². The van der Waals surface area contributed by atoms with E-state index in [0.717, 1.165) is 17.0 Å². The lowest BCUT2D eigenvalue weighted by molar-refractivity contribution is 0.340. The largest absolute Gasteiger partial charge is 0.494 e. The molecule has 0 aliphatic heterocycles. The van der Waals surface area contributed by atoms with Gasteiger partial charge in [-0.25, -0.2) is 0 Å². The third kappa shape index (κ3) is 3.70. The highest BCUT2D eigenvalue weighted by molar-refractivity contribution is 5.55. The van der Waals surface area contributed by atoms with E-state index in [4.69, 9.17) is 14.5 Å². The molecule has 120 valence electrons. The van der Waals surface area contributed by atoms with Crippen LogP contribution in [-0.2, 0) is 6.54 Å². The third-order valence-corrected chi connectivity index (χ3v) is 3.35. The molecule has 1 aromatic heterocycles. The number of ether oxygens (including phenoxy) is 1. The number of nitrogens with one attached hydrogen (secondary N) is 1. The van der Waals surface area contributed by atoms with Crippen LogP contribution in [0, 0.1) is 11.3 Å². The molecule has 1 N–H and O–H groups in total. The van der Waals surface area contributed by atoms with Crippen molar-refractivity contribution in [3.63, 3.8) is 0 Å². The summed E-state index contributed by atoms with van der Waals surface area (Å²) in [5.41, 5.74) is 2.37. The summed E-state index contributed by atoms with van der Waals surface area (Å²) in [6.07, 6.45) is 0. The second-order valence-corrected chi connectivity index (χ2v) is 5.01. The quantitative estimate of drug-likeness (QED) is 0.747. The average Bonchev–Trinajstić information content (AvgIpc) is 3.10. The number of rotatable bonds is 6. The van der Waals surface area contributed by atoms with Gasteiger partial charge in [-0.15, -0.1) is 0 Å². The van der Waals surface area contributed by atoms with Gasteiger partial charge < -0.3 is 14.6 Å². The molecule has 6 heteroatoms. The Morgan fingerprint density at radius 2 is 1.88 bits per heavy atom. The fraction of sp³-hybridized carbons (Fsp3) is 0.167. The van der Waals surface area contributed by atoms with Gasteiger partial charge in [0.2, 0.25) is 11.7 Å². The number of anilines is 1. The highest BCUT2D eigenvalue weighted by atomic mass is 16.5. The lowest BCUT2D eigenvalue weighted by Crippen LogP contribution is -1.99. The predicted octanol–water partition coefficient (Wildman–Crippen LogP) is 3.62. The van der Waals surface area contributed by atoms with E-state index in [2.05, 4.69) is 21.5 Å². The van der Waals surface area contributed by atoms with Crippen molar-refractivity contribution in [2.45, 2.75) is 13.5 Å². The van der Waals surface area contributed by atoms with Crippen molar-refractivity contribution in [1.82, 2.24) is 10.1 Å². The molecule has 0 bridgehead atoms. The fourth-order valence-electron chi connectivity index (χ4n) is 2.15. The van der Waals surface area contributed by atoms with Crippen molar-refractivity contribution in [2.75, 3.05) is 11.9 Å². The van der Waals surface area contributed by atoms with Crippen LogP contribution >= 0.6 is 0 Å². The normalized spacial score (nSPS) is 10.2. The van der Waals surface area contributed by atoms with E-state index < -0.39 is 0 Å². The molecule has 0 aliphatic carbocycles. The molecular weight excluding hydrogens is 304 g/mol. The van der Waals surface area contributed by atoms with Crippen LogP contribution in [0.15, 0.2) is 53.1 Å². The first-order valence-electron chi connectivity index (χ1n) is 7.58. The van der Waals surface area contributed by atoms with Gasteiger partial charge in [0, 0.05) is 11.3 Å². The zero-order valence-electron chi connectivity index (χ0n) is 13.2. The van der Waals surface area contributed by atoms with E-state index in [9.17, 15) is 0 Å². The standard InChI is InChI=1S/C18H16N4O2/c1-2-23-16-9-5-14(6-10-16)18-21-17(24-22-18)12-20-15-7-3-13(11-19)4-8-15/h3-10,20H,2,12H2,1H3. The molecule has 6 nitrogen and oxygen atoms in total. The van der Waals surface area contributed by atoms with Crippen molar-refractivity contribution in [2.24, 2.45) is 0 Å². The number of hydrogen-bond donors (Lipinski definition) is 1. The smallest absolute Gasteiger partial charge is 0.246 e. The molecule has 2 aromatic carbocycles. The molecule has 3 rings (SSSR count). The number of hydrogen-bond acceptors (Lipinski definition) is 6. The summed E-state index contributed by atoms with van der Waals surface area (Å²) in [6, 6.07) is 16.8. The number of aromatic nitrogens is 2. The van der Waals surface area contributed by atoms with E-state index >= 15 is 0 Å². The van der Waals surface area contributed by atoms with Crippen LogP contribution in [-0.4, -0.2) is 16.7 Å². The second kappa shape index (κ2) is 7.29. The Hall–Kier alpha value is -3.33. The topological polar surface area (TPSA) is 84.0 Å². The van der Waals surface area contributed by atoms with E-state index in [1.165, 1.54) is 0 Å². The maximum Gasteiger partial charge on any atom is 0.246 e. The van der Waals surface area contributed by atoms with Gasteiger partial charge in [-0.05, 0) is 55.5 Å². The van der Waals surface area contributed by atoms with Crippen LogP contribution in [0.3, 0.4) is 0 Å². The second-order valence-electron chi connectivity index (χ2n) is 5.01. The summed E-state index contributed by atoms with van der Waals surface area (Å²) in [5, 5.41) is 16.0. The van der Waals surface area contributed by atoms with Gasteiger partial charge in [-0.2, -0.15) is 10.2 Å². The van der Waals surface area contributed by atoms with Gasteiger partial charge in [-0.3, -0.25) is 0 Å². The molecule has 0 saturated carbocycles.